The smallest absolute Gasteiger partial charge is 0.257 e. The molecule has 0 saturated heterocycles. The van der Waals surface area contributed by atoms with Crippen molar-refractivity contribution in [3.05, 3.63) is 59.4 Å². The Morgan fingerprint density at radius 1 is 1.07 bits per heavy atom. The Balaban J connectivity index is 1.45. The molecule has 1 aromatic heterocycles. The third kappa shape index (κ3) is 3.83. The highest BCUT2D eigenvalue weighted by molar-refractivity contribution is 5.94. The van der Waals surface area contributed by atoms with Crippen molar-refractivity contribution in [2.24, 2.45) is 0 Å². The summed E-state index contributed by atoms with van der Waals surface area (Å²) in [4.78, 5) is 16.8. The van der Waals surface area contributed by atoms with Gasteiger partial charge in [0.1, 0.15) is 0 Å². The molecule has 28 heavy (non-hydrogen) atoms. The fourth-order valence-corrected chi connectivity index (χ4v) is 2.99. The maximum Gasteiger partial charge on any atom is 0.257 e. The average molecular weight is 379 g/mol. The molecule has 1 aliphatic heterocycles. The number of amides is 1. The highest BCUT2D eigenvalue weighted by atomic mass is 16.5. The second-order valence-corrected chi connectivity index (χ2v) is 6.68. The lowest BCUT2D eigenvalue weighted by Gasteiger charge is -2.16. The summed E-state index contributed by atoms with van der Waals surface area (Å²) < 4.78 is 16.5. The van der Waals surface area contributed by atoms with Crippen molar-refractivity contribution < 1.29 is 18.8 Å². The van der Waals surface area contributed by atoms with E-state index in [1.165, 1.54) is 0 Å². The van der Waals surface area contributed by atoms with Crippen molar-refractivity contribution in [2.75, 3.05) is 13.2 Å². The van der Waals surface area contributed by atoms with Gasteiger partial charge in [-0.15, -0.1) is 0 Å². The van der Waals surface area contributed by atoms with E-state index >= 15 is 0 Å². The van der Waals surface area contributed by atoms with E-state index in [0.29, 0.717) is 30.5 Å². The highest BCUT2D eigenvalue weighted by Crippen LogP contribution is 2.32. The molecule has 0 saturated carbocycles. The molecule has 0 bridgehead atoms. The van der Waals surface area contributed by atoms with Gasteiger partial charge in [-0.05, 0) is 55.8 Å². The quantitative estimate of drug-likeness (QED) is 0.744. The van der Waals surface area contributed by atoms with Gasteiger partial charge in [0.15, 0.2) is 17.3 Å². The van der Waals surface area contributed by atoms with Crippen LogP contribution in [0.2, 0.25) is 0 Å². The fourth-order valence-electron chi connectivity index (χ4n) is 2.99. The molecule has 3 aromatic rings. The molecule has 1 N–H and O–H groups in total. The first-order valence-corrected chi connectivity index (χ1v) is 9.21. The first-order chi connectivity index (χ1) is 13.6. The summed E-state index contributed by atoms with van der Waals surface area (Å²) in [5.74, 6) is 2.31. The molecule has 2 aromatic carbocycles. The Kier molecular flexibility index (Phi) is 4.97. The molecule has 7 heteroatoms. The van der Waals surface area contributed by atoms with E-state index in [1.807, 2.05) is 25.1 Å². The average Bonchev–Trinajstić information content (AvgIpc) is 3.00. The molecular formula is C21H21N3O4. The predicted molar refractivity (Wildman–Crippen MR) is 102 cm³/mol. The van der Waals surface area contributed by atoms with Crippen LogP contribution in [0.1, 0.15) is 41.1 Å². The van der Waals surface area contributed by atoms with Gasteiger partial charge in [-0.3, -0.25) is 4.79 Å². The second-order valence-electron chi connectivity index (χ2n) is 6.68. The maximum atomic E-state index is 12.6. The standard InChI is InChI=1S/C21H21N3O4/c1-13(17-8-9-18-19(12-17)27-11-3-10-26-18)22-20(25)15-4-6-16(7-5-15)21-23-14(2)24-28-21/h4-9,12-13H,3,10-11H2,1-2H3,(H,22,25)/t13-/m0/s1. The molecule has 1 amide bonds. The second kappa shape index (κ2) is 7.72. The predicted octanol–water partition coefficient (Wildman–Crippen LogP) is 3.70. The number of aryl methyl sites for hydroxylation is 1. The van der Waals surface area contributed by atoms with E-state index in [2.05, 4.69) is 15.5 Å². The molecular weight excluding hydrogens is 358 g/mol. The molecule has 1 aliphatic rings. The SMILES string of the molecule is Cc1noc(-c2ccc(C(=O)N[C@@H](C)c3ccc4c(c3)OCCCO4)cc2)n1. The number of hydrogen-bond acceptors (Lipinski definition) is 6. The minimum Gasteiger partial charge on any atom is -0.490 e. The number of carbonyl (C=O) groups excluding carboxylic acids is 1. The van der Waals surface area contributed by atoms with Gasteiger partial charge < -0.3 is 19.3 Å². The van der Waals surface area contributed by atoms with Crippen molar-refractivity contribution >= 4 is 5.91 Å². The van der Waals surface area contributed by atoms with E-state index in [0.717, 1.165) is 29.0 Å². The van der Waals surface area contributed by atoms with Crippen LogP contribution in [0.4, 0.5) is 0 Å². The molecule has 2 heterocycles. The summed E-state index contributed by atoms with van der Waals surface area (Å²) in [7, 11) is 0. The van der Waals surface area contributed by atoms with Gasteiger partial charge in [-0.1, -0.05) is 11.2 Å². The molecule has 0 aliphatic carbocycles. The first-order valence-electron chi connectivity index (χ1n) is 9.21. The molecule has 7 nitrogen and oxygen atoms in total. The third-order valence-corrected chi connectivity index (χ3v) is 4.54. The Labute approximate surface area is 162 Å². The van der Waals surface area contributed by atoms with E-state index < -0.39 is 0 Å². The summed E-state index contributed by atoms with van der Waals surface area (Å²) in [6.07, 6.45) is 0.857. The zero-order valence-electron chi connectivity index (χ0n) is 15.8. The van der Waals surface area contributed by atoms with Crippen molar-refractivity contribution in [3.63, 3.8) is 0 Å². The van der Waals surface area contributed by atoms with Crippen molar-refractivity contribution in [3.8, 4) is 23.0 Å². The fraction of sp³-hybridized carbons (Fsp3) is 0.286. The topological polar surface area (TPSA) is 86.5 Å². The minimum atomic E-state index is -0.178. The largest absolute Gasteiger partial charge is 0.490 e. The van der Waals surface area contributed by atoms with Crippen molar-refractivity contribution in [1.82, 2.24) is 15.5 Å². The monoisotopic (exact) mass is 379 g/mol. The van der Waals surface area contributed by atoms with E-state index in [1.54, 1.807) is 31.2 Å². The number of ether oxygens (including phenoxy) is 2. The molecule has 144 valence electrons. The van der Waals surface area contributed by atoms with Crippen LogP contribution in [0.15, 0.2) is 47.0 Å². The van der Waals surface area contributed by atoms with Crippen LogP contribution in [-0.2, 0) is 0 Å². The summed E-state index contributed by atoms with van der Waals surface area (Å²) in [5, 5.41) is 6.79. The number of rotatable bonds is 4. The Bertz CT molecular complexity index is 982. The van der Waals surface area contributed by atoms with Gasteiger partial charge >= 0.3 is 0 Å². The molecule has 4 rings (SSSR count). The van der Waals surface area contributed by atoms with Gasteiger partial charge in [0.2, 0.25) is 0 Å². The van der Waals surface area contributed by atoms with Crippen LogP contribution in [0.3, 0.4) is 0 Å². The van der Waals surface area contributed by atoms with Gasteiger partial charge in [0, 0.05) is 17.5 Å². The van der Waals surface area contributed by atoms with Gasteiger partial charge in [-0.25, -0.2) is 0 Å². The Morgan fingerprint density at radius 2 is 1.82 bits per heavy atom. The van der Waals surface area contributed by atoms with E-state index in [4.69, 9.17) is 14.0 Å². The lowest BCUT2D eigenvalue weighted by atomic mass is 10.1. The maximum absolute atomic E-state index is 12.6. The zero-order chi connectivity index (χ0) is 19.5. The molecule has 0 fully saturated rings. The lowest BCUT2D eigenvalue weighted by Crippen LogP contribution is -2.26. The summed E-state index contributed by atoms with van der Waals surface area (Å²) in [5.41, 5.74) is 2.28. The number of carbonyl (C=O) groups is 1. The van der Waals surface area contributed by atoms with Crippen molar-refractivity contribution in [1.29, 1.82) is 0 Å². The van der Waals surface area contributed by atoms with Crippen molar-refractivity contribution in [2.45, 2.75) is 26.3 Å². The van der Waals surface area contributed by atoms with Crippen LogP contribution >= 0.6 is 0 Å². The number of benzene rings is 2. The number of nitrogens with one attached hydrogen (secondary N) is 1. The minimum absolute atomic E-state index is 0.159. The molecule has 0 spiro atoms. The van der Waals surface area contributed by atoms with Crippen LogP contribution in [0.25, 0.3) is 11.5 Å². The highest BCUT2D eigenvalue weighted by Gasteiger charge is 2.16. The van der Waals surface area contributed by atoms with E-state index in [9.17, 15) is 4.79 Å². The van der Waals surface area contributed by atoms with Crippen LogP contribution < -0.4 is 14.8 Å². The third-order valence-electron chi connectivity index (χ3n) is 4.54. The number of aromatic nitrogens is 2. The Morgan fingerprint density at radius 3 is 2.54 bits per heavy atom. The van der Waals surface area contributed by atoms with Crippen LogP contribution in [0, 0.1) is 6.92 Å². The summed E-state index contributed by atoms with van der Waals surface area (Å²) >= 11 is 0. The van der Waals surface area contributed by atoms with Crippen LogP contribution in [0.5, 0.6) is 11.5 Å². The Hall–Kier alpha value is -3.35. The van der Waals surface area contributed by atoms with Gasteiger partial charge in [-0.2, -0.15) is 4.98 Å². The van der Waals surface area contributed by atoms with Crippen LogP contribution in [-0.4, -0.2) is 29.3 Å². The number of nitrogens with zero attached hydrogens (tertiary/aromatic N) is 2. The van der Waals surface area contributed by atoms with Gasteiger partial charge in [0.25, 0.3) is 11.8 Å². The summed E-state index contributed by atoms with van der Waals surface area (Å²) in [6.45, 7) is 4.98. The molecule has 0 radical (unpaired) electrons. The van der Waals surface area contributed by atoms with E-state index in [-0.39, 0.29) is 11.9 Å². The first kappa shape index (κ1) is 18.0. The number of hydrogen-bond donors (Lipinski definition) is 1. The lowest BCUT2D eigenvalue weighted by molar-refractivity contribution is 0.0940. The van der Waals surface area contributed by atoms with Gasteiger partial charge in [0.05, 0.1) is 19.3 Å². The number of fused-ring (bicyclic) bond motifs is 1. The summed E-state index contributed by atoms with van der Waals surface area (Å²) in [6, 6.07) is 12.6. The molecule has 1 atom stereocenters. The zero-order valence-corrected chi connectivity index (χ0v) is 15.8. The molecule has 0 unspecified atom stereocenters. The normalized spacial score (nSPS) is 14.2.